The number of anilines is 1. The second-order valence-electron chi connectivity index (χ2n) is 4.82. The number of rotatable bonds is 3. The number of piperidine rings is 1. The minimum atomic E-state index is 0.544. The lowest BCUT2D eigenvalue weighted by Crippen LogP contribution is -2.30. The van der Waals surface area contributed by atoms with E-state index in [0.717, 1.165) is 18.9 Å². The number of halogens is 1. The molecule has 1 aliphatic rings. The van der Waals surface area contributed by atoms with Crippen molar-refractivity contribution in [3.8, 4) is 11.6 Å². The van der Waals surface area contributed by atoms with Crippen LogP contribution < -0.4 is 9.64 Å². The molecule has 0 amide bonds. The quantitative estimate of drug-likeness (QED) is 0.858. The van der Waals surface area contributed by atoms with E-state index in [4.69, 9.17) is 16.3 Å². The molecule has 104 valence electrons. The van der Waals surface area contributed by atoms with E-state index in [1.54, 1.807) is 12.4 Å². The summed E-state index contributed by atoms with van der Waals surface area (Å²) in [5, 5.41) is 0.646. The molecule has 0 atom stereocenters. The zero-order chi connectivity index (χ0) is 13.8. The molecule has 0 radical (unpaired) electrons. The maximum atomic E-state index is 5.94. The molecular formula is C15H16ClN3O. The minimum Gasteiger partial charge on any atom is -0.439 e. The predicted octanol–water partition coefficient (Wildman–Crippen LogP) is 3.91. The van der Waals surface area contributed by atoms with Crippen LogP contribution >= 0.6 is 11.6 Å². The molecule has 0 N–H and O–H groups in total. The fourth-order valence-electron chi connectivity index (χ4n) is 2.33. The van der Waals surface area contributed by atoms with Gasteiger partial charge in [0.25, 0.3) is 0 Å². The SMILES string of the molecule is Clc1cccc(Oc2cc(N3CCCCC3)ncn2)c1. The van der Waals surface area contributed by atoms with E-state index in [0.29, 0.717) is 16.7 Å². The highest BCUT2D eigenvalue weighted by Crippen LogP contribution is 2.25. The van der Waals surface area contributed by atoms with Crippen LogP contribution in [0.15, 0.2) is 36.7 Å². The molecule has 1 fully saturated rings. The van der Waals surface area contributed by atoms with Gasteiger partial charge in [-0.25, -0.2) is 9.97 Å². The van der Waals surface area contributed by atoms with Crippen LogP contribution in [0.3, 0.4) is 0 Å². The van der Waals surface area contributed by atoms with Crippen molar-refractivity contribution in [2.45, 2.75) is 19.3 Å². The third kappa shape index (κ3) is 3.20. The Morgan fingerprint density at radius 2 is 1.90 bits per heavy atom. The van der Waals surface area contributed by atoms with Gasteiger partial charge in [-0.2, -0.15) is 0 Å². The zero-order valence-corrected chi connectivity index (χ0v) is 11.9. The van der Waals surface area contributed by atoms with Crippen LogP contribution in [-0.2, 0) is 0 Å². The normalized spacial score (nSPS) is 15.2. The zero-order valence-electron chi connectivity index (χ0n) is 11.1. The molecule has 2 aromatic rings. The van der Waals surface area contributed by atoms with Crippen LogP contribution in [0, 0.1) is 0 Å². The van der Waals surface area contributed by atoms with Crippen molar-refractivity contribution in [1.29, 1.82) is 0 Å². The Bertz CT molecular complexity index is 585. The second kappa shape index (κ2) is 6.09. The summed E-state index contributed by atoms with van der Waals surface area (Å²) >= 11 is 5.94. The van der Waals surface area contributed by atoms with Gasteiger partial charge in [-0.15, -0.1) is 0 Å². The van der Waals surface area contributed by atoms with Gasteiger partial charge in [0.05, 0.1) is 0 Å². The molecule has 3 rings (SSSR count). The van der Waals surface area contributed by atoms with E-state index in [2.05, 4.69) is 14.9 Å². The molecule has 1 saturated heterocycles. The van der Waals surface area contributed by atoms with Gasteiger partial charge in [0.2, 0.25) is 5.88 Å². The summed E-state index contributed by atoms with van der Waals surface area (Å²) in [5.41, 5.74) is 0. The van der Waals surface area contributed by atoms with E-state index in [1.165, 1.54) is 19.3 Å². The van der Waals surface area contributed by atoms with Gasteiger partial charge in [0.15, 0.2) is 0 Å². The lowest BCUT2D eigenvalue weighted by Gasteiger charge is -2.27. The smallest absolute Gasteiger partial charge is 0.224 e. The van der Waals surface area contributed by atoms with Crippen molar-refractivity contribution >= 4 is 17.4 Å². The van der Waals surface area contributed by atoms with E-state index >= 15 is 0 Å². The highest BCUT2D eigenvalue weighted by Gasteiger charge is 2.13. The molecule has 1 aromatic carbocycles. The molecule has 20 heavy (non-hydrogen) atoms. The Morgan fingerprint density at radius 3 is 2.70 bits per heavy atom. The lowest BCUT2D eigenvalue weighted by atomic mass is 10.1. The monoisotopic (exact) mass is 289 g/mol. The second-order valence-corrected chi connectivity index (χ2v) is 5.26. The highest BCUT2D eigenvalue weighted by molar-refractivity contribution is 6.30. The Morgan fingerprint density at radius 1 is 1.05 bits per heavy atom. The van der Waals surface area contributed by atoms with Gasteiger partial charge < -0.3 is 9.64 Å². The topological polar surface area (TPSA) is 38.2 Å². The van der Waals surface area contributed by atoms with Crippen LogP contribution in [0.4, 0.5) is 5.82 Å². The number of ether oxygens (including phenoxy) is 1. The van der Waals surface area contributed by atoms with Gasteiger partial charge in [-0.05, 0) is 37.5 Å². The third-order valence-electron chi connectivity index (χ3n) is 3.33. The predicted molar refractivity (Wildman–Crippen MR) is 79.6 cm³/mol. The summed E-state index contributed by atoms with van der Waals surface area (Å²) in [4.78, 5) is 10.8. The van der Waals surface area contributed by atoms with Crippen LogP contribution in [0.25, 0.3) is 0 Å². The molecule has 5 heteroatoms. The molecule has 0 saturated carbocycles. The first-order valence-corrected chi connectivity index (χ1v) is 7.19. The average molecular weight is 290 g/mol. The van der Waals surface area contributed by atoms with Crippen molar-refractivity contribution < 1.29 is 4.74 Å². The fourth-order valence-corrected chi connectivity index (χ4v) is 2.51. The maximum absolute atomic E-state index is 5.94. The molecule has 0 aliphatic carbocycles. The van der Waals surface area contributed by atoms with Gasteiger partial charge in [-0.1, -0.05) is 17.7 Å². The largest absolute Gasteiger partial charge is 0.439 e. The minimum absolute atomic E-state index is 0.544. The highest BCUT2D eigenvalue weighted by atomic mass is 35.5. The number of hydrogen-bond acceptors (Lipinski definition) is 4. The number of aromatic nitrogens is 2. The van der Waals surface area contributed by atoms with Crippen LogP contribution in [-0.4, -0.2) is 23.1 Å². The summed E-state index contributed by atoms with van der Waals surface area (Å²) in [5.74, 6) is 2.15. The molecular weight excluding hydrogens is 274 g/mol. The van der Waals surface area contributed by atoms with E-state index < -0.39 is 0 Å². The van der Waals surface area contributed by atoms with Crippen LogP contribution in [0.5, 0.6) is 11.6 Å². The Kier molecular flexibility index (Phi) is 4.02. The number of nitrogens with zero attached hydrogens (tertiary/aromatic N) is 3. The maximum Gasteiger partial charge on any atom is 0.224 e. The van der Waals surface area contributed by atoms with Gasteiger partial charge in [0.1, 0.15) is 17.9 Å². The first-order valence-electron chi connectivity index (χ1n) is 6.82. The van der Waals surface area contributed by atoms with Gasteiger partial charge in [0, 0.05) is 24.2 Å². The Hall–Kier alpha value is -1.81. The first kappa shape index (κ1) is 13.2. The van der Waals surface area contributed by atoms with Crippen LogP contribution in [0.2, 0.25) is 5.02 Å². The van der Waals surface area contributed by atoms with Crippen molar-refractivity contribution in [3.05, 3.63) is 41.7 Å². The summed E-state index contributed by atoms with van der Waals surface area (Å²) < 4.78 is 5.73. The van der Waals surface area contributed by atoms with Crippen molar-refractivity contribution in [1.82, 2.24) is 9.97 Å². The number of benzene rings is 1. The van der Waals surface area contributed by atoms with E-state index in [9.17, 15) is 0 Å². The fraction of sp³-hybridized carbons (Fsp3) is 0.333. The standard InChI is InChI=1S/C15H16ClN3O/c16-12-5-4-6-13(9-12)20-15-10-14(17-11-18-15)19-7-2-1-3-8-19/h4-6,9-11H,1-3,7-8H2. The third-order valence-corrected chi connectivity index (χ3v) is 3.56. The average Bonchev–Trinajstić information content (AvgIpc) is 2.48. The summed E-state index contributed by atoms with van der Waals surface area (Å²) in [7, 11) is 0. The summed E-state index contributed by atoms with van der Waals surface area (Å²) in [6.45, 7) is 2.10. The molecule has 0 bridgehead atoms. The van der Waals surface area contributed by atoms with Gasteiger partial charge >= 0.3 is 0 Å². The van der Waals surface area contributed by atoms with Crippen molar-refractivity contribution in [2.24, 2.45) is 0 Å². The Labute approximate surface area is 123 Å². The van der Waals surface area contributed by atoms with Crippen LogP contribution in [0.1, 0.15) is 19.3 Å². The molecule has 4 nitrogen and oxygen atoms in total. The molecule has 1 aliphatic heterocycles. The van der Waals surface area contributed by atoms with Crippen molar-refractivity contribution in [3.63, 3.8) is 0 Å². The van der Waals surface area contributed by atoms with E-state index in [1.807, 2.05) is 24.3 Å². The van der Waals surface area contributed by atoms with Gasteiger partial charge in [-0.3, -0.25) is 0 Å². The summed E-state index contributed by atoms with van der Waals surface area (Å²) in [6.07, 6.45) is 5.28. The molecule has 0 unspecified atom stereocenters. The molecule has 0 spiro atoms. The van der Waals surface area contributed by atoms with E-state index in [-0.39, 0.29) is 0 Å². The number of hydrogen-bond donors (Lipinski definition) is 0. The lowest BCUT2D eigenvalue weighted by molar-refractivity contribution is 0.460. The van der Waals surface area contributed by atoms with Crippen molar-refractivity contribution in [2.75, 3.05) is 18.0 Å². The molecule has 1 aromatic heterocycles. The summed E-state index contributed by atoms with van der Waals surface area (Å²) in [6, 6.07) is 9.17. The first-order chi connectivity index (χ1) is 9.81. The molecule has 2 heterocycles. The Balaban J connectivity index is 1.77.